The third kappa shape index (κ3) is 1.69. The summed E-state index contributed by atoms with van der Waals surface area (Å²) in [5.41, 5.74) is 4.63. The first kappa shape index (κ1) is 12.3. The topological polar surface area (TPSA) is 32.3 Å². The Morgan fingerprint density at radius 1 is 1.30 bits per heavy atom. The summed E-state index contributed by atoms with van der Waals surface area (Å²) in [6, 6.07) is 6.23. The molecule has 1 atom stereocenters. The second kappa shape index (κ2) is 4.52. The molecule has 4 rings (SSSR count). The molecule has 0 radical (unpaired) electrons. The third-order valence-electron chi connectivity index (χ3n) is 4.72. The van der Waals surface area contributed by atoms with Gasteiger partial charge in [0.15, 0.2) is 0 Å². The maximum atomic E-state index is 12.7. The summed E-state index contributed by atoms with van der Waals surface area (Å²) in [7, 11) is 0. The molecule has 0 saturated heterocycles. The zero-order valence-electron chi connectivity index (χ0n) is 11.3. The Morgan fingerprint density at radius 3 is 3.10 bits per heavy atom. The van der Waals surface area contributed by atoms with Crippen LogP contribution in [0.5, 0.6) is 0 Å². The van der Waals surface area contributed by atoms with Gasteiger partial charge in [-0.1, -0.05) is 23.7 Å². The maximum absolute atomic E-state index is 12.7. The Bertz CT molecular complexity index is 623. The van der Waals surface area contributed by atoms with Gasteiger partial charge in [-0.2, -0.15) is 0 Å². The van der Waals surface area contributed by atoms with Crippen molar-refractivity contribution in [2.24, 2.45) is 0 Å². The molecule has 0 saturated carbocycles. The number of halogens is 1. The molecule has 4 heteroatoms. The third-order valence-corrected chi connectivity index (χ3v) is 5.07. The van der Waals surface area contributed by atoms with E-state index in [1.54, 1.807) is 0 Å². The Hall–Kier alpha value is -1.48. The van der Waals surface area contributed by atoms with Crippen molar-refractivity contribution in [3.05, 3.63) is 45.6 Å². The summed E-state index contributed by atoms with van der Waals surface area (Å²) < 4.78 is 0. The molecule has 1 aromatic carbocycles. The molecule has 3 aliphatic rings. The molecule has 0 spiro atoms. The Labute approximate surface area is 123 Å². The molecular weight excluding hydrogens is 272 g/mol. The summed E-state index contributed by atoms with van der Waals surface area (Å²) in [4.78, 5) is 14.7. The summed E-state index contributed by atoms with van der Waals surface area (Å²) in [5, 5.41) is 4.27. The average Bonchev–Trinajstić information content (AvgIpc) is 2.48. The van der Waals surface area contributed by atoms with Crippen LogP contribution in [0.25, 0.3) is 0 Å². The molecule has 3 heterocycles. The van der Waals surface area contributed by atoms with Crippen molar-refractivity contribution in [2.75, 3.05) is 13.1 Å². The van der Waals surface area contributed by atoms with Crippen LogP contribution in [-0.2, 0) is 11.2 Å². The van der Waals surface area contributed by atoms with Gasteiger partial charge in [0.25, 0.3) is 5.91 Å². The van der Waals surface area contributed by atoms with E-state index in [0.29, 0.717) is 0 Å². The lowest BCUT2D eigenvalue weighted by Gasteiger charge is -2.43. The smallest absolute Gasteiger partial charge is 0.252 e. The number of nitrogens with zero attached hydrogens (tertiary/aromatic N) is 1. The van der Waals surface area contributed by atoms with Crippen LogP contribution in [0.4, 0.5) is 0 Å². The van der Waals surface area contributed by atoms with Gasteiger partial charge < -0.3 is 10.2 Å². The van der Waals surface area contributed by atoms with Crippen LogP contribution < -0.4 is 5.32 Å². The van der Waals surface area contributed by atoms with Crippen molar-refractivity contribution in [3.8, 4) is 0 Å². The van der Waals surface area contributed by atoms with Gasteiger partial charge in [0.05, 0.1) is 6.04 Å². The van der Waals surface area contributed by atoms with Crippen LogP contribution >= 0.6 is 11.6 Å². The fourth-order valence-electron chi connectivity index (χ4n) is 3.73. The molecule has 1 N–H and O–H groups in total. The van der Waals surface area contributed by atoms with Crippen molar-refractivity contribution in [3.63, 3.8) is 0 Å². The van der Waals surface area contributed by atoms with Gasteiger partial charge in [0.1, 0.15) is 0 Å². The standard InChI is InChI=1S/C16H17ClN2O/c17-13-5-1-3-11-10(13)6-8-19-15(11)9-14-12(16(19)20)4-2-7-18-14/h1,3,5,15,18H,2,4,6-9H2. The first-order valence-electron chi connectivity index (χ1n) is 7.30. The Kier molecular flexibility index (Phi) is 2.77. The first-order valence-corrected chi connectivity index (χ1v) is 7.67. The minimum absolute atomic E-state index is 0.161. The average molecular weight is 289 g/mol. The fourth-order valence-corrected chi connectivity index (χ4v) is 4.01. The highest BCUT2D eigenvalue weighted by Crippen LogP contribution is 2.42. The summed E-state index contributed by atoms with van der Waals surface area (Å²) in [6.07, 6.45) is 3.76. The van der Waals surface area contributed by atoms with Gasteiger partial charge in [0, 0.05) is 35.8 Å². The number of hydrogen-bond donors (Lipinski definition) is 1. The lowest BCUT2D eigenvalue weighted by molar-refractivity contribution is -0.131. The largest absolute Gasteiger partial charge is 0.388 e. The number of rotatable bonds is 0. The van der Waals surface area contributed by atoms with Gasteiger partial charge in [0.2, 0.25) is 0 Å². The molecule has 0 fully saturated rings. The van der Waals surface area contributed by atoms with E-state index in [0.717, 1.165) is 55.1 Å². The van der Waals surface area contributed by atoms with Gasteiger partial charge in [-0.25, -0.2) is 0 Å². The predicted molar refractivity (Wildman–Crippen MR) is 78.5 cm³/mol. The highest BCUT2D eigenvalue weighted by molar-refractivity contribution is 6.31. The summed E-state index contributed by atoms with van der Waals surface area (Å²) in [5.74, 6) is 0.231. The van der Waals surface area contributed by atoms with Crippen molar-refractivity contribution < 1.29 is 4.79 Å². The second-order valence-corrected chi connectivity index (χ2v) is 6.17. The Morgan fingerprint density at radius 2 is 2.20 bits per heavy atom. The number of carbonyl (C=O) groups excluding carboxylic acids is 1. The van der Waals surface area contributed by atoms with E-state index in [2.05, 4.69) is 11.4 Å². The van der Waals surface area contributed by atoms with Crippen LogP contribution in [0.3, 0.4) is 0 Å². The van der Waals surface area contributed by atoms with Crippen LogP contribution in [-0.4, -0.2) is 23.9 Å². The van der Waals surface area contributed by atoms with E-state index in [9.17, 15) is 4.79 Å². The van der Waals surface area contributed by atoms with Crippen molar-refractivity contribution in [1.82, 2.24) is 10.2 Å². The molecule has 1 unspecified atom stereocenters. The molecular formula is C16H17ClN2O. The zero-order chi connectivity index (χ0) is 13.7. The minimum atomic E-state index is 0.161. The quantitative estimate of drug-likeness (QED) is 0.796. The van der Waals surface area contributed by atoms with E-state index in [-0.39, 0.29) is 11.9 Å². The number of amides is 1. The predicted octanol–water partition coefficient (Wildman–Crippen LogP) is 2.81. The number of hydrogen-bond acceptors (Lipinski definition) is 2. The van der Waals surface area contributed by atoms with Gasteiger partial charge in [-0.15, -0.1) is 0 Å². The Balaban J connectivity index is 1.80. The minimum Gasteiger partial charge on any atom is -0.388 e. The lowest BCUT2D eigenvalue weighted by Crippen LogP contribution is -2.46. The molecule has 0 bridgehead atoms. The van der Waals surface area contributed by atoms with Crippen molar-refractivity contribution in [2.45, 2.75) is 31.7 Å². The van der Waals surface area contributed by atoms with Crippen LogP contribution in [0.15, 0.2) is 29.5 Å². The maximum Gasteiger partial charge on any atom is 0.252 e. The molecule has 3 aliphatic heterocycles. The number of benzene rings is 1. The van der Waals surface area contributed by atoms with Crippen LogP contribution in [0.1, 0.15) is 36.4 Å². The summed E-state index contributed by atoms with van der Waals surface area (Å²) in [6.45, 7) is 1.78. The van der Waals surface area contributed by atoms with Crippen LogP contribution in [0, 0.1) is 0 Å². The van der Waals surface area contributed by atoms with Gasteiger partial charge >= 0.3 is 0 Å². The first-order chi connectivity index (χ1) is 9.75. The van der Waals surface area contributed by atoms with Crippen molar-refractivity contribution in [1.29, 1.82) is 0 Å². The molecule has 20 heavy (non-hydrogen) atoms. The summed E-state index contributed by atoms with van der Waals surface area (Å²) >= 11 is 6.32. The number of carbonyl (C=O) groups is 1. The normalized spacial score (nSPS) is 24.8. The monoisotopic (exact) mass is 288 g/mol. The number of nitrogens with one attached hydrogen (secondary N) is 1. The molecule has 1 amide bonds. The van der Waals surface area contributed by atoms with Crippen LogP contribution in [0.2, 0.25) is 5.02 Å². The van der Waals surface area contributed by atoms with E-state index >= 15 is 0 Å². The zero-order valence-corrected chi connectivity index (χ0v) is 12.0. The van der Waals surface area contributed by atoms with Gasteiger partial charge in [-0.05, 0) is 36.5 Å². The van der Waals surface area contributed by atoms with E-state index in [4.69, 9.17) is 11.6 Å². The van der Waals surface area contributed by atoms with E-state index in [1.807, 2.05) is 17.0 Å². The molecule has 0 aromatic heterocycles. The van der Waals surface area contributed by atoms with E-state index in [1.165, 1.54) is 11.1 Å². The number of fused-ring (bicyclic) bond motifs is 3. The van der Waals surface area contributed by atoms with Gasteiger partial charge in [-0.3, -0.25) is 4.79 Å². The fraction of sp³-hybridized carbons (Fsp3) is 0.438. The lowest BCUT2D eigenvalue weighted by atomic mass is 9.84. The molecule has 1 aromatic rings. The highest BCUT2D eigenvalue weighted by atomic mass is 35.5. The second-order valence-electron chi connectivity index (χ2n) is 5.76. The highest BCUT2D eigenvalue weighted by Gasteiger charge is 2.39. The van der Waals surface area contributed by atoms with E-state index < -0.39 is 0 Å². The molecule has 104 valence electrons. The molecule has 0 aliphatic carbocycles. The molecule has 3 nitrogen and oxygen atoms in total. The SMILES string of the molecule is O=C1C2=C(CC3c4cccc(Cl)c4CCN13)NCCC2. The van der Waals surface area contributed by atoms with Crippen molar-refractivity contribution >= 4 is 17.5 Å².